The van der Waals surface area contributed by atoms with E-state index in [1.54, 1.807) is 0 Å². The van der Waals surface area contributed by atoms with Crippen LogP contribution in [-0.2, 0) is 9.53 Å². The third kappa shape index (κ3) is 3.59. The minimum Gasteiger partial charge on any atom is -0.494 e. The molecule has 1 aliphatic carbocycles. The summed E-state index contributed by atoms with van der Waals surface area (Å²) in [6.45, 7) is 10.4. The Morgan fingerprint density at radius 2 is 2.28 bits per heavy atom. The van der Waals surface area contributed by atoms with Gasteiger partial charge in [-0.15, -0.1) is 0 Å². The number of allylic oxidation sites excluding steroid dienone is 4. The molecule has 2 atom stereocenters. The van der Waals surface area contributed by atoms with Crippen LogP contribution in [0.1, 0.15) is 47.5 Å². The average molecular weight is 248 g/mol. The SMILES string of the molecule is CC/C(C)=C/O[C@@H](C)C1=C(C=O)C=C(C)C(C)C1. The van der Waals surface area contributed by atoms with Gasteiger partial charge in [-0.25, -0.2) is 0 Å². The summed E-state index contributed by atoms with van der Waals surface area (Å²) < 4.78 is 5.74. The smallest absolute Gasteiger partial charge is 0.150 e. The zero-order valence-corrected chi connectivity index (χ0v) is 12.1. The molecule has 0 aromatic carbocycles. The Balaban J connectivity index is 2.88. The first-order chi connectivity index (χ1) is 8.49. The van der Waals surface area contributed by atoms with E-state index in [1.165, 1.54) is 11.1 Å². The zero-order valence-electron chi connectivity index (χ0n) is 12.1. The Morgan fingerprint density at radius 1 is 1.61 bits per heavy atom. The maximum absolute atomic E-state index is 11.1. The molecule has 2 heteroatoms. The van der Waals surface area contributed by atoms with Crippen LogP contribution in [0.2, 0.25) is 0 Å². The molecule has 1 aliphatic rings. The summed E-state index contributed by atoms with van der Waals surface area (Å²) in [5, 5.41) is 0. The Labute approximate surface area is 110 Å². The molecule has 0 N–H and O–H groups in total. The van der Waals surface area contributed by atoms with Crippen molar-refractivity contribution in [3.63, 3.8) is 0 Å². The third-order valence-electron chi connectivity index (χ3n) is 3.71. The molecule has 0 bridgehead atoms. The van der Waals surface area contributed by atoms with Gasteiger partial charge >= 0.3 is 0 Å². The second-order valence-electron chi connectivity index (χ2n) is 5.19. The van der Waals surface area contributed by atoms with Gasteiger partial charge in [0, 0.05) is 5.57 Å². The maximum Gasteiger partial charge on any atom is 0.150 e. The minimum absolute atomic E-state index is 0.0292. The molecule has 1 rings (SSSR count). The van der Waals surface area contributed by atoms with Crippen molar-refractivity contribution in [1.82, 2.24) is 0 Å². The third-order valence-corrected chi connectivity index (χ3v) is 3.71. The number of carbonyl (C=O) groups excluding carboxylic acids is 1. The van der Waals surface area contributed by atoms with Crippen LogP contribution in [0.3, 0.4) is 0 Å². The van der Waals surface area contributed by atoms with Crippen molar-refractivity contribution in [3.05, 3.63) is 34.6 Å². The summed E-state index contributed by atoms with van der Waals surface area (Å²) in [7, 11) is 0. The van der Waals surface area contributed by atoms with Crippen LogP contribution in [0.25, 0.3) is 0 Å². The first-order valence-corrected chi connectivity index (χ1v) is 6.67. The Bertz CT molecular complexity index is 399. The molecule has 0 amide bonds. The molecule has 0 aromatic rings. The van der Waals surface area contributed by atoms with Crippen molar-refractivity contribution in [1.29, 1.82) is 0 Å². The van der Waals surface area contributed by atoms with E-state index >= 15 is 0 Å². The molecule has 18 heavy (non-hydrogen) atoms. The topological polar surface area (TPSA) is 26.3 Å². The van der Waals surface area contributed by atoms with Crippen molar-refractivity contribution in [2.45, 2.75) is 53.6 Å². The number of hydrogen-bond acceptors (Lipinski definition) is 2. The van der Waals surface area contributed by atoms with Gasteiger partial charge < -0.3 is 4.74 Å². The molecule has 0 aliphatic heterocycles. The van der Waals surface area contributed by atoms with Crippen molar-refractivity contribution >= 4 is 6.29 Å². The van der Waals surface area contributed by atoms with Crippen LogP contribution in [0.15, 0.2) is 34.6 Å². The van der Waals surface area contributed by atoms with Gasteiger partial charge in [0.25, 0.3) is 0 Å². The van der Waals surface area contributed by atoms with E-state index in [2.05, 4.69) is 27.7 Å². The van der Waals surface area contributed by atoms with Gasteiger partial charge in [-0.3, -0.25) is 4.79 Å². The summed E-state index contributed by atoms with van der Waals surface area (Å²) >= 11 is 0. The molecule has 2 nitrogen and oxygen atoms in total. The van der Waals surface area contributed by atoms with Crippen LogP contribution in [0, 0.1) is 5.92 Å². The van der Waals surface area contributed by atoms with Gasteiger partial charge in [0.1, 0.15) is 12.4 Å². The predicted molar refractivity (Wildman–Crippen MR) is 75.2 cm³/mol. The molecule has 0 fully saturated rings. The van der Waals surface area contributed by atoms with Gasteiger partial charge in [-0.1, -0.05) is 25.5 Å². The van der Waals surface area contributed by atoms with E-state index in [4.69, 9.17) is 4.74 Å². The quantitative estimate of drug-likeness (QED) is 0.538. The van der Waals surface area contributed by atoms with Gasteiger partial charge in [-0.05, 0) is 50.7 Å². The highest BCUT2D eigenvalue weighted by atomic mass is 16.5. The Hall–Kier alpha value is -1.31. The van der Waals surface area contributed by atoms with Gasteiger partial charge in [0.05, 0.1) is 6.26 Å². The summed E-state index contributed by atoms with van der Waals surface area (Å²) in [4.78, 5) is 11.1. The monoisotopic (exact) mass is 248 g/mol. The summed E-state index contributed by atoms with van der Waals surface area (Å²) in [6, 6.07) is 0. The molecular weight excluding hydrogens is 224 g/mol. The van der Waals surface area contributed by atoms with E-state index < -0.39 is 0 Å². The lowest BCUT2D eigenvalue weighted by Crippen LogP contribution is -2.18. The van der Waals surface area contributed by atoms with Crippen molar-refractivity contribution < 1.29 is 9.53 Å². The zero-order chi connectivity index (χ0) is 13.7. The Kier molecular flexibility index (Phi) is 5.39. The second-order valence-corrected chi connectivity index (χ2v) is 5.19. The highest BCUT2D eigenvalue weighted by Crippen LogP contribution is 2.31. The second kappa shape index (κ2) is 6.58. The fourth-order valence-corrected chi connectivity index (χ4v) is 1.98. The normalized spacial score (nSPS) is 22.6. The van der Waals surface area contributed by atoms with Crippen LogP contribution >= 0.6 is 0 Å². The number of aldehydes is 1. The van der Waals surface area contributed by atoms with E-state index in [9.17, 15) is 4.79 Å². The van der Waals surface area contributed by atoms with Gasteiger partial charge in [-0.2, -0.15) is 0 Å². The number of carbonyl (C=O) groups is 1. The van der Waals surface area contributed by atoms with E-state index in [0.29, 0.717) is 5.92 Å². The highest BCUT2D eigenvalue weighted by molar-refractivity contribution is 5.80. The molecule has 0 heterocycles. The maximum atomic E-state index is 11.1. The molecule has 0 aromatic heterocycles. The van der Waals surface area contributed by atoms with Gasteiger partial charge in [0.15, 0.2) is 0 Å². The lowest BCUT2D eigenvalue weighted by Gasteiger charge is -2.25. The van der Waals surface area contributed by atoms with Crippen LogP contribution in [0.5, 0.6) is 0 Å². The molecule has 0 radical (unpaired) electrons. The van der Waals surface area contributed by atoms with Crippen molar-refractivity contribution in [3.8, 4) is 0 Å². The predicted octanol–water partition coefficient (Wildman–Crippen LogP) is 4.19. The average Bonchev–Trinajstić information content (AvgIpc) is 2.37. The lowest BCUT2D eigenvalue weighted by atomic mass is 9.84. The Morgan fingerprint density at radius 3 is 2.83 bits per heavy atom. The van der Waals surface area contributed by atoms with E-state index in [-0.39, 0.29) is 6.10 Å². The fraction of sp³-hybridized carbons (Fsp3) is 0.562. The molecule has 0 spiro atoms. The molecule has 0 saturated carbocycles. The first-order valence-electron chi connectivity index (χ1n) is 6.67. The lowest BCUT2D eigenvalue weighted by molar-refractivity contribution is -0.104. The standard InChI is InChI=1S/C16H24O2/c1-6-11(2)10-18-14(5)16-8-13(4)12(3)7-15(16)9-17/h7,9-10,13-14H,6,8H2,1-5H3/b11-10+/t13?,14-/m0/s1. The number of ether oxygens (including phenoxy) is 1. The van der Waals surface area contributed by atoms with E-state index in [1.807, 2.05) is 19.3 Å². The fourth-order valence-electron chi connectivity index (χ4n) is 1.98. The summed E-state index contributed by atoms with van der Waals surface area (Å²) in [5.41, 5.74) is 4.39. The van der Waals surface area contributed by atoms with Crippen LogP contribution in [-0.4, -0.2) is 12.4 Å². The van der Waals surface area contributed by atoms with Crippen LogP contribution in [0.4, 0.5) is 0 Å². The number of rotatable bonds is 5. The van der Waals surface area contributed by atoms with Crippen molar-refractivity contribution in [2.24, 2.45) is 5.92 Å². The van der Waals surface area contributed by atoms with Crippen LogP contribution < -0.4 is 0 Å². The van der Waals surface area contributed by atoms with Gasteiger partial charge in [0.2, 0.25) is 0 Å². The molecule has 1 unspecified atom stereocenters. The largest absolute Gasteiger partial charge is 0.494 e. The minimum atomic E-state index is -0.0292. The number of hydrogen-bond donors (Lipinski definition) is 0. The first kappa shape index (κ1) is 14.7. The van der Waals surface area contributed by atoms with E-state index in [0.717, 1.165) is 30.3 Å². The highest BCUT2D eigenvalue weighted by Gasteiger charge is 2.21. The molecular formula is C16H24O2. The molecule has 0 saturated heterocycles. The summed E-state index contributed by atoms with van der Waals surface area (Å²) in [6.07, 6.45) is 6.63. The summed E-state index contributed by atoms with van der Waals surface area (Å²) in [5.74, 6) is 0.492. The van der Waals surface area contributed by atoms with Crippen molar-refractivity contribution in [2.75, 3.05) is 0 Å². The molecule has 100 valence electrons.